The molecule has 1 aliphatic heterocycles. The highest BCUT2D eigenvalue weighted by molar-refractivity contribution is 6.46. The fourth-order valence-electron chi connectivity index (χ4n) is 3.27. The summed E-state index contributed by atoms with van der Waals surface area (Å²) in [4.78, 5) is 30.9. The van der Waals surface area contributed by atoms with E-state index in [2.05, 4.69) is 4.98 Å². The highest BCUT2D eigenvalue weighted by Gasteiger charge is 2.45. The number of carbonyl (C=O) groups excluding carboxylic acids is 2. The number of pyridine rings is 1. The zero-order valence-electron chi connectivity index (χ0n) is 16.5. The monoisotopic (exact) mass is 396 g/mol. The van der Waals surface area contributed by atoms with Crippen molar-refractivity contribution in [1.29, 1.82) is 0 Å². The first-order valence-corrected chi connectivity index (χ1v) is 9.49. The first-order chi connectivity index (χ1) is 14.1. The fraction of sp³-hybridized carbons (Fsp3) is 0.318. The van der Waals surface area contributed by atoms with E-state index in [1.54, 1.807) is 48.8 Å². The molecule has 7 heteroatoms. The molecule has 0 spiro atoms. The number of aliphatic hydroxyl groups excluding tert-OH is 1. The summed E-state index contributed by atoms with van der Waals surface area (Å²) in [5.41, 5.74) is 1.13. The molecule has 1 amide bonds. The number of hydrogen-bond acceptors (Lipinski definition) is 6. The van der Waals surface area contributed by atoms with E-state index in [0.717, 1.165) is 6.42 Å². The van der Waals surface area contributed by atoms with Gasteiger partial charge in [0.25, 0.3) is 11.7 Å². The van der Waals surface area contributed by atoms with Gasteiger partial charge in [0.2, 0.25) is 0 Å². The summed E-state index contributed by atoms with van der Waals surface area (Å²) >= 11 is 0. The highest BCUT2D eigenvalue weighted by Crippen LogP contribution is 2.39. The van der Waals surface area contributed by atoms with Gasteiger partial charge < -0.3 is 19.5 Å². The summed E-state index contributed by atoms with van der Waals surface area (Å²) < 4.78 is 10.6. The SMILES string of the molecule is CCCOc1ccc(/C(O)=C2\C(=O)C(=O)N(CCOC)[C@@H]2c2cccnc2)cc1. The Hall–Kier alpha value is -3.19. The molecule has 1 aliphatic rings. The van der Waals surface area contributed by atoms with E-state index in [9.17, 15) is 14.7 Å². The van der Waals surface area contributed by atoms with Crippen molar-refractivity contribution in [2.24, 2.45) is 0 Å². The van der Waals surface area contributed by atoms with E-state index in [0.29, 0.717) is 23.5 Å². The number of benzene rings is 1. The lowest BCUT2D eigenvalue weighted by Crippen LogP contribution is -2.32. The fourth-order valence-corrected chi connectivity index (χ4v) is 3.27. The van der Waals surface area contributed by atoms with Crippen LogP contribution in [-0.2, 0) is 14.3 Å². The normalized spacial score (nSPS) is 18.3. The number of carbonyl (C=O) groups is 2. The Kier molecular flexibility index (Phi) is 6.61. The molecule has 2 heterocycles. The maximum atomic E-state index is 12.8. The van der Waals surface area contributed by atoms with Crippen LogP contribution in [0.3, 0.4) is 0 Å². The topological polar surface area (TPSA) is 89.0 Å². The molecule has 0 bridgehead atoms. The number of aromatic nitrogens is 1. The van der Waals surface area contributed by atoms with Crippen molar-refractivity contribution >= 4 is 17.4 Å². The Labute approximate surface area is 169 Å². The van der Waals surface area contributed by atoms with E-state index in [1.165, 1.54) is 12.0 Å². The standard InChI is InChI=1S/C22H24N2O5/c1-3-12-29-17-8-6-15(7-9-17)20(25)18-19(16-5-4-10-23-14-16)24(11-13-28-2)22(27)21(18)26/h4-10,14,19,25H,3,11-13H2,1-2H3/b20-18+/t19-/m1/s1. The van der Waals surface area contributed by atoms with E-state index in [4.69, 9.17) is 9.47 Å². The highest BCUT2D eigenvalue weighted by atomic mass is 16.5. The van der Waals surface area contributed by atoms with Crippen LogP contribution in [0.5, 0.6) is 5.75 Å². The van der Waals surface area contributed by atoms with Crippen molar-refractivity contribution in [3.8, 4) is 5.75 Å². The van der Waals surface area contributed by atoms with Gasteiger partial charge in [0, 0.05) is 31.6 Å². The van der Waals surface area contributed by atoms with Crippen molar-refractivity contribution in [2.75, 3.05) is 26.9 Å². The predicted octanol–water partition coefficient (Wildman–Crippen LogP) is 2.94. The van der Waals surface area contributed by atoms with Gasteiger partial charge in [-0.05, 0) is 42.3 Å². The molecule has 29 heavy (non-hydrogen) atoms. The molecule has 1 aromatic carbocycles. The number of hydrogen-bond donors (Lipinski definition) is 1. The first kappa shape index (κ1) is 20.5. The van der Waals surface area contributed by atoms with E-state index >= 15 is 0 Å². The minimum absolute atomic E-state index is 0.0429. The van der Waals surface area contributed by atoms with Crippen LogP contribution in [-0.4, -0.2) is 53.5 Å². The van der Waals surface area contributed by atoms with Gasteiger partial charge in [0.15, 0.2) is 0 Å². The molecule has 1 aromatic heterocycles. The Balaban J connectivity index is 2.03. The van der Waals surface area contributed by atoms with Crippen LogP contribution in [0, 0.1) is 0 Å². The second-order valence-corrected chi connectivity index (χ2v) is 6.64. The van der Waals surface area contributed by atoms with E-state index in [-0.39, 0.29) is 24.5 Å². The summed E-state index contributed by atoms with van der Waals surface area (Å²) in [5.74, 6) is -0.939. The van der Waals surface area contributed by atoms with Crippen LogP contribution >= 0.6 is 0 Å². The van der Waals surface area contributed by atoms with Crippen LogP contribution < -0.4 is 4.74 Å². The molecule has 1 saturated heterocycles. The third-order valence-electron chi connectivity index (χ3n) is 4.68. The molecule has 0 unspecified atom stereocenters. The van der Waals surface area contributed by atoms with Gasteiger partial charge in [0.1, 0.15) is 11.5 Å². The average molecular weight is 396 g/mol. The van der Waals surface area contributed by atoms with Gasteiger partial charge >= 0.3 is 0 Å². The van der Waals surface area contributed by atoms with Crippen molar-refractivity contribution in [3.63, 3.8) is 0 Å². The Morgan fingerprint density at radius 3 is 2.55 bits per heavy atom. The zero-order valence-corrected chi connectivity index (χ0v) is 16.5. The Morgan fingerprint density at radius 2 is 1.93 bits per heavy atom. The van der Waals surface area contributed by atoms with E-state index < -0.39 is 17.7 Å². The summed E-state index contributed by atoms with van der Waals surface area (Å²) in [6.07, 6.45) is 4.09. The molecule has 1 fully saturated rings. The number of ether oxygens (including phenoxy) is 2. The lowest BCUT2D eigenvalue weighted by molar-refractivity contribution is -0.140. The molecular formula is C22H24N2O5. The average Bonchev–Trinajstić information content (AvgIpc) is 3.01. The number of methoxy groups -OCH3 is 1. The van der Waals surface area contributed by atoms with Crippen molar-refractivity contribution < 1.29 is 24.2 Å². The quantitative estimate of drug-likeness (QED) is 0.419. The molecule has 7 nitrogen and oxygen atoms in total. The van der Waals surface area contributed by atoms with Crippen LogP contribution in [0.15, 0.2) is 54.4 Å². The molecule has 0 aliphatic carbocycles. The molecule has 2 aromatic rings. The summed E-state index contributed by atoms with van der Waals surface area (Å²) in [7, 11) is 1.53. The van der Waals surface area contributed by atoms with E-state index in [1.807, 2.05) is 6.92 Å². The van der Waals surface area contributed by atoms with Crippen LogP contribution in [0.2, 0.25) is 0 Å². The number of ketones is 1. The van der Waals surface area contributed by atoms with Gasteiger partial charge in [0.05, 0.1) is 24.8 Å². The second kappa shape index (κ2) is 9.34. The van der Waals surface area contributed by atoms with Gasteiger partial charge in [-0.15, -0.1) is 0 Å². The first-order valence-electron chi connectivity index (χ1n) is 9.49. The third kappa shape index (κ3) is 4.30. The number of likely N-dealkylation sites (tertiary alicyclic amines) is 1. The number of amides is 1. The molecule has 152 valence electrons. The minimum Gasteiger partial charge on any atom is -0.507 e. The lowest BCUT2D eigenvalue weighted by atomic mass is 9.96. The van der Waals surface area contributed by atoms with Gasteiger partial charge in [-0.2, -0.15) is 0 Å². The van der Waals surface area contributed by atoms with Crippen LogP contribution in [0.1, 0.15) is 30.5 Å². The molecule has 0 saturated carbocycles. The zero-order chi connectivity index (χ0) is 20.8. The second-order valence-electron chi connectivity index (χ2n) is 6.64. The number of nitrogens with zero attached hydrogens (tertiary/aromatic N) is 2. The van der Waals surface area contributed by atoms with Gasteiger partial charge in [-0.1, -0.05) is 13.0 Å². The molecule has 0 radical (unpaired) electrons. The molecular weight excluding hydrogens is 372 g/mol. The summed E-state index contributed by atoms with van der Waals surface area (Å²) in [5, 5.41) is 10.9. The number of Topliss-reactive ketones (excluding diaryl/α,β-unsaturated/α-hetero) is 1. The minimum atomic E-state index is -0.727. The Morgan fingerprint density at radius 1 is 1.17 bits per heavy atom. The largest absolute Gasteiger partial charge is 0.507 e. The van der Waals surface area contributed by atoms with Gasteiger partial charge in [-0.3, -0.25) is 14.6 Å². The molecule has 1 N–H and O–H groups in total. The molecule has 3 rings (SSSR count). The van der Waals surface area contributed by atoms with Gasteiger partial charge in [-0.25, -0.2) is 0 Å². The van der Waals surface area contributed by atoms with Crippen molar-refractivity contribution in [3.05, 3.63) is 65.5 Å². The summed E-state index contributed by atoms with van der Waals surface area (Å²) in [6, 6.07) is 9.57. The number of rotatable bonds is 8. The third-order valence-corrected chi connectivity index (χ3v) is 4.68. The van der Waals surface area contributed by atoms with Crippen molar-refractivity contribution in [1.82, 2.24) is 9.88 Å². The number of aliphatic hydroxyl groups is 1. The van der Waals surface area contributed by atoms with Crippen LogP contribution in [0.4, 0.5) is 0 Å². The maximum Gasteiger partial charge on any atom is 0.295 e. The molecule has 1 atom stereocenters. The summed E-state index contributed by atoms with van der Waals surface area (Å²) in [6.45, 7) is 3.10. The predicted molar refractivity (Wildman–Crippen MR) is 107 cm³/mol. The lowest BCUT2D eigenvalue weighted by Gasteiger charge is -2.24. The Bertz CT molecular complexity index is 893. The maximum absolute atomic E-state index is 12.8. The smallest absolute Gasteiger partial charge is 0.295 e. The van der Waals surface area contributed by atoms with Crippen molar-refractivity contribution in [2.45, 2.75) is 19.4 Å². The van der Waals surface area contributed by atoms with Crippen LogP contribution in [0.25, 0.3) is 5.76 Å².